The Morgan fingerprint density at radius 1 is 0.900 bits per heavy atom. The van der Waals surface area contributed by atoms with Gasteiger partial charge < -0.3 is 4.43 Å². The molecule has 5 nitrogen and oxygen atoms in total. The zero-order chi connectivity index (χ0) is 22.6. The van der Waals surface area contributed by atoms with E-state index in [4.69, 9.17) is 13.7 Å². The highest BCUT2D eigenvalue weighted by Gasteiger charge is 2.51. The van der Waals surface area contributed by atoms with Gasteiger partial charge in [-0.1, -0.05) is 95.3 Å². The van der Waals surface area contributed by atoms with Gasteiger partial charge in [0.05, 0.1) is 6.10 Å². The lowest BCUT2D eigenvalue weighted by atomic mass is 10.0. The third kappa shape index (κ3) is 6.01. The van der Waals surface area contributed by atoms with Crippen molar-refractivity contribution in [2.24, 2.45) is 11.1 Å². The molecule has 0 amide bonds. The van der Waals surface area contributed by atoms with Crippen molar-refractivity contribution in [3.8, 4) is 0 Å². The maximum absolute atomic E-state index is 11.7. The van der Waals surface area contributed by atoms with Crippen LogP contribution in [0.5, 0.6) is 0 Å². The van der Waals surface area contributed by atoms with E-state index < -0.39 is 30.8 Å². The quantitative estimate of drug-likeness (QED) is 0.594. The Hall–Kier alpha value is -1.51. The molecular weight excluding hydrogens is 414 g/mol. The molecule has 0 aliphatic carbocycles. The molecule has 0 saturated carbocycles. The van der Waals surface area contributed by atoms with E-state index >= 15 is 0 Å². The molecule has 0 aliphatic heterocycles. The molecule has 2 aromatic rings. The minimum absolute atomic E-state index is 0.214. The van der Waals surface area contributed by atoms with Crippen LogP contribution < -0.4 is 15.5 Å². The van der Waals surface area contributed by atoms with Crippen molar-refractivity contribution in [1.29, 1.82) is 0 Å². The molecule has 2 atom stereocenters. The van der Waals surface area contributed by atoms with E-state index in [1.54, 1.807) is 0 Å². The second kappa shape index (κ2) is 9.74. The molecule has 2 rings (SSSR count). The third-order valence-corrected chi connectivity index (χ3v) is 10.9. The van der Waals surface area contributed by atoms with Gasteiger partial charge in [0.25, 0.3) is 8.32 Å². The molecule has 0 saturated heterocycles. The van der Waals surface area contributed by atoms with E-state index in [0.29, 0.717) is 6.42 Å². The van der Waals surface area contributed by atoms with Crippen molar-refractivity contribution in [3.05, 3.63) is 60.7 Å². The Bertz CT molecular complexity index is 856. The lowest BCUT2D eigenvalue weighted by molar-refractivity contribution is 0.0499. The molecule has 7 heteroatoms. The predicted octanol–water partition coefficient (Wildman–Crippen LogP) is 3.59. The minimum atomic E-state index is -4.10. The van der Waals surface area contributed by atoms with Crippen molar-refractivity contribution in [2.45, 2.75) is 65.2 Å². The van der Waals surface area contributed by atoms with Gasteiger partial charge in [-0.2, -0.15) is 8.42 Å². The van der Waals surface area contributed by atoms with Gasteiger partial charge in [-0.05, 0) is 34.7 Å². The largest absolute Gasteiger partial charge is 0.402 e. The first kappa shape index (κ1) is 24.8. The van der Waals surface area contributed by atoms with Gasteiger partial charge in [0.15, 0.2) is 0 Å². The van der Waals surface area contributed by atoms with Crippen LogP contribution in [0.2, 0.25) is 5.04 Å². The van der Waals surface area contributed by atoms with Crippen molar-refractivity contribution in [1.82, 2.24) is 0 Å². The van der Waals surface area contributed by atoms with Crippen molar-refractivity contribution in [2.75, 3.05) is 0 Å². The van der Waals surface area contributed by atoms with Gasteiger partial charge >= 0.3 is 10.3 Å². The summed E-state index contributed by atoms with van der Waals surface area (Å²) in [4.78, 5) is 0. The van der Waals surface area contributed by atoms with Crippen LogP contribution in [0.1, 0.15) is 48.0 Å². The summed E-state index contributed by atoms with van der Waals surface area (Å²) in [5.41, 5.74) is 0. The fourth-order valence-electron chi connectivity index (χ4n) is 3.99. The van der Waals surface area contributed by atoms with Gasteiger partial charge in [0.1, 0.15) is 6.10 Å². The highest BCUT2D eigenvalue weighted by Crippen LogP contribution is 2.38. The maximum Gasteiger partial charge on any atom is 0.333 e. The maximum atomic E-state index is 11.7. The monoisotopic (exact) mass is 449 g/mol. The van der Waals surface area contributed by atoms with E-state index in [1.165, 1.54) is 0 Å². The van der Waals surface area contributed by atoms with Gasteiger partial charge in [0.2, 0.25) is 0 Å². The number of nitrogens with two attached hydrogens (primary N) is 1. The summed E-state index contributed by atoms with van der Waals surface area (Å²) in [6.45, 7) is 12.5. The number of rotatable bonds is 9. The zero-order valence-corrected chi connectivity index (χ0v) is 20.6. The van der Waals surface area contributed by atoms with Crippen molar-refractivity contribution in [3.63, 3.8) is 0 Å². The molecule has 30 heavy (non-hydrogen) atoms. The van der Waals surface area contributed by atoms with E-state index in [1.807, 2.05) is 57.2 Å². The van der Waals surface area contributed by atoms with Crippen LogP contribution in [0.15, 0.2) is 60.7 Å². The number of hydrogen-bond acceptors (Lipinski definition) is 4. The molecule has 0 fully saturated rings. The molecule has 0 aromatic heterocycles. The van der Waals surface area contributed by atoms with Crippen LogP contribution >= 0.6 is 0 Å². The predicted molar refractivity (Wildman–Crippen MR) is 126 cm³/mol. The molecule has 0 radical (unpaired) electrons. The average molecular weight is 450 g/mol. The first-order valence-corrected chi connectivity index (χ1v) is 13.7. The molecule has 2 aromatic carbocycles. The first-order chi connectivity index (χ1) is 13.9. The molecule has 166 valence electrons. The summed E-state index contributed by atoms with van der Waals surface area (Å²) >= 11 is 0. The van der Waals surface area contributed by atoms with Crippen LogP contribution in [0, 0.1) is 5.92 Å². The van der Waals surface area contributed by atoms with Gasteiger partial charge in [-0.3, -0.25) is 4.18 Å². The summed E-state index contributed by atoms with van der Waals surface area (Å²) in [7, 11) is -6.92. The summed E-state index contributed by atoms with van der Waals surface area (Å²) < 4.78 is 35.7. The summed E-state index contributed by atoms with van der Waals surface area (Å²) in [5.74, 6) is 0.224. The Morgan fingerprint density at radius 3 is 1.67 bits per heavy atom. The van der Waals surface area contributed by atoms with Crippen LogP contribution in [0.3, 0.4) is 0 Å². The van der Waals surface area contributed by atoms with E-state index in [-0.39, 0.29) is 11.0 Å². The Labute approximate surface area is 183 Å². The summed E-state index contributed by atoms with van der Waals surface area (Å²) in [5, 5.41) is 7.28. The SMILES string of the molecule is CC(C)C[C@@H](OS(N)(=O)=O)[C@H](C)O[Si](c1ccccc1)(c1ccccc1)C(C)(C)C. The second-order valence-corrected chi connectivity index (χ2v) is 14.7. The Balaban J connectivity index is 2.62. The van der Waals surface area contributed by atoms with E-state index in [2.05, 4.69) is 45.0 Å². The van der Waals surface area contributed by atoms with Gasteiger partial charge in [-0.25, -0.2) is 5.14 Å². The molecule has 0 unspecified atom stereocenters. The van der Waals surface area contributed by atoms with Crippen LogP contribution in [0.4, 0.5) is 0 Å². The lowest BCUT2D eigenvalue weighted by Gasteiger charge is -2.45. The third-order valence-electron chi connectivity index (χ3n) is 5.26. The van der Waals surface area contributed by atoms with Crippen LogP contribution in [0.25, 0.3) is 0 Å². The molecule has 0 bridgehead atoms. The topological polar surface area (TPSA) is 78.6 Å². The molecule has 0 spiro atoms. The fraction of sp³-hybridized carbons (Fsp3) is 0.478. The molecule has 0 heterocycles. The van der Waals surface area contributed by atoms with Gasteiger partial charge in [0, 0.05) is 0 Å². The van der Waals surface area contributed by atoms with Crippen molar-refractivity contribution < 1.29 is 17.0 Å². The van der Waals surface area contributed by atoms with E-state index in [0.717, 1.165) is 10.4 Å². The number of hydrogen-bond donors (Lipinski definition) is 1. The van der Waals surface area contributed by atoms with E-state index in [9.17, 15) is 8.42 Å². The lowest BCUT2D eigenvalue weighted by Crippen LogP contribution is -2.68. The zero-order valence-electron chi connectivity index (χ0n) is 18.8. The standard InChI is InChI=1S/C23H35NO4SSi/c1-18(2)17-22(27-29(24,25)26)19(3)28-30(23(4,5)6,20-13-9-7-10-14-20)21-15-11-8-12-16-21/h7-16,18-19,22H,17H2,1-6H3,(H2,24,25,26)/t19-,22+/m0/s1. The minimum Gasteiger partial charge on any atom is -0.402 e. The second-order valence-electron chi connectivity index (χ2n) is 9.24. The number of benzene rings is 2. The average Bonchev–Trinajstić information content (AvgIpc) is 2.64. The summed E-state index contributed by atoms with van der Waals surface area (Å²) in [6, 6.07) is 20.5. The van der Waals surface area contributed by atoms with Crippen molar-refractivity contribution >= 4 is 29.0 Å². The van der Waals surface area contributed by atoms with Crippen LogP contribution in [-0.4, -0.2) is 28.9 Å². The normalized spacial score (nSPS) is 15.2. The summed E-state index contributed by atoms with van der Waals surface area (Å²) in [6.07, 6.45) is -0.617. The fourth-order valence-corrected chi connectivity index (χ4v) is 9.30. The molecule has 2 N–H and O–H groups in total. The first-order valence-electron chi connectivity index (χ1n) is 10.4. The van der Waals surface area contributed by atoms with Gasteiger partial charge in [-0.15, -0.1) is 0 Å². The Morgan fingerprint density at radius 2 is 1.33 bits per heavy atom. The highest BCUT2D eigenvalue weighted by atomic mass is 32.2. The smallest absolute Gasteiger partial charge is 0.333 e. The molecular formula is C23H35NO4SSi. The highest BCUT2D eigenvalue weighted by molar-refractivity contribution is 7.84. The van der Waals surface area contributed by atoms with Crippen LogP contribution in [-0.2, 0) is 18.9 Å². The molecule has 0 aliphatic rings. The Kier molecular flexibility index (Phi) is 8.04.